The lowest BCUT2D eigenvalue weighted by Crippen LogP contribution is -2.30. The normalized spacial score (nSPS) is 10.2. The van der Waals surface area contributed by atoms with Crippen LogP contribution in [-0.4, -0.2) is 36.0 Å². The average Bonchev–Trinajstić information content (AvgIpc) is 2.46. The highest BCUT2D eigenvalue weighted by Crippen LogP contribution is 2.13. The van der Waals surface area contributed by atoms with Crippen LogP contribution >= 0.6 is 15.9 Å². The zero-order chi connectivity index (χ0) is 15.2. The molecule has 0 bridgehead atoms. The number of pyridine rings is 1. The van der Waals surface area contributed by atoms with Gasteiger partial charge in [-0.3, -0.25) is 9.78 Å². The molecule has 2 aromatic rings. The van der Waals surface area contributed by atoms with Crippen molar-refractivity contribution >= 4 is 21.8 Å². The molecule has 4 nitrogen and oxygen atoms in total. The molecule has 0 atom stereocenters. The lowest BCUT2D eigenvalue weighted by Gasteiger charge is -2.17. The van der Waals surface area contributed by atoms with Crippen molar-refractivity contribution in [1.82, 2.24) is 9.88 Å². The van der Waals surface area contributed by atoms with Crippen LogP contribution in [0.1, 0.15) is 15.9 Å². The highest BCUT2D eigenvalue weighted by atomic mass is 79.9. The van der Waals surface area contributed by atoms with E-state index in [4.69, 9.17) is 4.74 Å². The van der Waals surface area contributed by atoms with Crippen LogP contribution in [0, 0.1) is 6.92 Å². The average molecular weight is 349 g/mol. The van der Waals surface area contributed by atoms with E-state index in [1.807, 2.05) is 31.2 Å². The maximum absolute atomic E-state index is 12.2. The molecule has 0 aliphatic carbocycles. The summed E-state index contributed by atoms with van der Waals surface area (Å²) >= 11 is 3.31. The smallest absolute Gasteiger partial charge is 0.255 e. The number of ether oxygens (including phenoxy) is 1. The predicted molar refractivity (Wildman–Crippen MR) is 85.6 cm³/mol. The number of hydrogen-bond acceptors (Lipinski definition) is 3. The Hall–Kier alpha value is -1.88. The Labute approximate surface area is 132 Å². The van der Waals surface area contributed by atoms with E-state index < -0.39 is 0 Å². The predicted octanol–water partition coefficient (Wildman–Crippen LogP) is 3.30. The van der Waals surface area contributed by atoms with Crippen molar-refractivity contribution in [1.29, 1.82) is 0 Å². The SMILES string of the molecule is Cc1cccc(OCCN(C)C(=O)c2cncc(Br)c2)c1. The van der Waals surface area contributed by atoms with E-state index in [0.717, 1.165) is 15.8 Å². The maximum atomic E-state index is 12.2. The second-order valence-electron chi connectivity index (χ2n) is 4.78. The number of hydrogen-bond donors (Lipinski definition) is 0. The molecule has 1 aromatic heterocycles. The van der Waals surface area contributed by atoms with Gasteiger partial charge in [-0.15, -0.1) is 0 Å². The maximum Gasteiger partial charge on any atom is 0.255 e. The first-order chi connectivity index (χ1) is 10.1. The Morgan fingerprint density at radius 3 is 2.86 bits per heavy atom. The molecule has 0 fully saturated rings. The number of aryl methyl sites for hydroxylation is 1. The van der Waals surface area contributed by atoms with Gasteiger partial charge < -0.3 is 9.64 Å². The van der Waals surface area contributed by atoms with Crippen LogP contribution in [0.5, 0.6) is 5.75 Å². The van der Waals surface area contributed by atoms with Crippen LogP contribution in [0.2, 0.25) is 0 Å². The topological polar surface area (TPSA) is 42.4 Å². The monoisotopic (exact) mass is 348 g/mol. The van der Waals surface area contributed by atoms with Gasteiger partial charge in [-0.1, -0.05) is 12.1 Å². The number of halogens is 1. The van der Waals surface area contributed by atoms with Crippen molar-refractivity contribution in [2.45, 2.75) is 6.92 Å². The Balaban J connectivity index is 1.87. The molecular formula is C16H17BrN2O2. The molecule has 0 N–H and O–H groups in total. The number of carbonyl (C=O) groups excluding carboxylic acids is 1. The summed E-state index contributed by atoms with van der Waals surface area (Å²) in [5, 5.41) is 0. The lowest BCUT2D eigenvalue weighted by molar-refractivity contribution is 0.0773. The molecule has 1 aromatic carbocycles. The van der Waals surface area contributed by atoms with E-state index in [1.165, 1.54) is 0 Å². The Bertz CT molecular complexity index is 631. The molecule has 110 valence electrons. The molecular weight excluding hydrogens is 332 g/mol. The number of nitrogens with zero attached hydrogens (tertiary/aromatic N) is 2. The van der Waals surface area contributed by atoms with Crippen molar-refractivity contribution in [3.05, 3.63) is 58.3 Å². The third-order valence-corrected chi connectivity index (χ3v) is 3.42. The molecule has 0 unspecified atom stereocenters. The second-order valence-corrected chi connectivity index (χ2v) is 5.70. The fourth-order valence-corrected chi connectivity index (χ4v) is 2.22. The molecule has 0 spiro atoms. The molecule has 5 heteroatoms. The molecule has 1 heterocycles. The minimum Gasteiger partial charge on any atom is -0.492 e. The molecule has 0 radical (unpaired) electrons. The van der Waals surface area contributed by atoms with Crippen LogP contribution in [0.4, 0.5) is 0 Å². The highest BCUT2D eigenvalue weighted by Gasteiger charge is 2.12. The van der Waals surface area contributed by atoms with Crippen LogP contribution in [0.25, 0.3) is 0 Å². The zero-order valence-corrected chi connectivity index (χ0v) is 13.6. The standard InChI is InChI=1S/C16H17BrN2O2/c1-12-4-3-5-15(8-12)21-7-6-19(2)16(20)13-9-14(17)11-18-10-13/h3-5,8-11H,6-7H2,1-2H3. The number of aromatic nitrogens is 1. The van der Waals surface area contributed by atoms with Crippen LogP contribution in [0.3, 0.4) is 0 Å². The number of amides is 1. The highest BCUT2D eigenvalue weighted by molar-refractivity contribution is 9.10. The molecule has 0 aliphatic heterocycles. The molecule has 0 aliphatic rings. The summed E-state index contributed by atoms with van der Waals surface area (Å²) in [4.78, 5) is 17.8. The quantitative estimate of drug-likeness (QED) is 0.832. The van der Waals surface area contributed by atoms with Gasteiger partial charge in [0.05, 0.1) is 12.1 Å². The van der Waals surface area contributed by atoms with E-state index >= 15 is 0 Å². The summed E-state index contributed by atoms with van der Waals surface area (Å²) in [6, 6.07) is 9.61. The van der Waals surface area contributed by atoms with Gasteiger partial charge in [-0.25, -0.2) is 0 Å². The summed E-state index contributed by atoms with van der Waals surface area (Å²) in [5.74, 6) is 0.747. The Morgan fingerprint density at radius 2 is 2.14 bits per heavy atom. The largest absolute Gasteiger partial charge is 0.492 e. The summed E-state index contributed by atoms with van der Waals surface area (Å²) in [6.45, 7) is 2.98. The van der Waals surface area contributed by atoms with Crippen molar-refractivity contribution < 1.29 is 9.53 Å². The Kier molecular flexibility index (Phi) is 5.33. The number of likely N-dealkylation sites (N-methyl/N-ethyl adjacent to an activating group) is 1. The van der Waals surface area contributed by atoms with Gasteiger partial charge in [0, 0.05) is 23.9 Å². The van der Waals surface area contributed by atoms with E-state index in [1.54, 1.807) is 30.4 Å². The van der Waals surface area contributed by atoms with E-state index in [-0.39, 0.29) is 5.91 Å². The first-order valence-electron chi connectivity index (χ1n) is 6.62. The summed E-state index contributed by atoms with van der Waals surface area (Å²) in [6.07, 6.45) is 3.21. The number of benzene rings is 1. The fraction of sp³-hybridized carbons (Fsp3) is 0.250. The minimum atomic E-state index is -0.0726. The van der Waals surface area contributed by atoms with Gasteiger partial charge in [0.25, 0.3) is 5.91 Å². The van der Waals surface area contributed by atoms with Gasteiger partial charge in [-0.05, 0) is 46.6 Å². The first kappa shape index (κ1) is 15.5. The molecule has 2 rings (SSSR count). The van der Waals surface area contributed by atoms with Crippen molar-refractivity contribution in [3.8, 4) is 5.75 Å². The van der Waals surface area contributed by atoms with Gasteiger partial charge >= 0.3 is 0 Å². The molecule has 21 heavy (non-hydrogen) atoms. The van der Waals surface area contributed by atoms with Gasteiger partial charge in [0.1, 0.15) is 12.4 Å². The molecule has 0 saturated carbocycles. The van der Waals surface area contributed by atoms with Crippen LogP contribution < -0.4 is 4.74 Å². The van der Waals surface area contributed by atoms with Crippen LogP contribution in [0.15, 0.2) is 47.2 Å². The van der Waals surface area contributed by atoms with E-state index in [9.17, 15) is 4.79 Å². The van der Waals surface area contributed by atoms with Crippen LogP contribution in [-0.2, 0) is 0 Å². The molecule has 1 amide bonds. The minimum absolute atomic E-state index is 0.0726. The number of carbonyl (C=O) groups is 1. The summed E-state index contributed by atoms with van der Waals surface area (Å²) in [7, 11) is 1.75. The van der Waals surface area contributed by atoms with E-state index in [0.29, 0.717) is 18.7 Å². The third kappa shape index (κ3) is 4.56. The van der Waals surface area contributed by atoms with Gasteiger partial charge in [-0.2, -0.15) is 0 Å². The summed E-state index contributed by atoms with van der Waals surface area (Å²) < 4.78 is 6.44. The Morgan fingerprint density at radius 1 is 1.33 bits per heavy atom. The van der Waals surface area contributed by atoms with Gasteiger partial charge in [0.2, 0.25) is 0 Å². The fourth-order valence-electron chi connectivity index (χ4n) is 1.86. The van der Waals surface area contributed by atoms with Crippen molar-refractivity contribution in [3.63, 3.8) is 0 Å². The van der Waals surface area contributed by atoms with Crippen molar-refractivity contribution in [2.75, 3.05) is 20.2 Å². The lowest BCUT2D eigenvalue weighted by atomic mass is 10.2. The number of rotatable bonds is 5. The first-order valence-corrected chi connectivity index (χ1v) is 7.41. The second kappa shape index (κ2) is 7.22. The zero-order valence-electron chi connectivity index (χ0n) is 12.0. The van der Waals surface area contributed by atoms with E-state index in [2.05, 4.69) is 20.9 Å². The molecule has 0 saturated heterocycles. The van der Waals surface area contributed by atoms with Crippen molar-refractivity contribution in [2.24, 2.45) is 0 Å². The third-order valence-electron chi connectivity index (χ3n) is 2.98. The van der Waals surface area contributed by atoms with Gasteiger partial charge in [0.15, 0.2) is 0 Å². The summed E-state index contributed by atoms with van der Waals surface area (Å²) in [5.41, 5.74) is 1.71.